The monoisotopic (exact) mass is 268 g/mol. The van der Waals surface area contributed by atoms with Gasteiger partial charge in [0, 0.05) is 5.56 Å². The van der Waals surface area contributed by atoms with Crippen molar-refractivity contribution < 1.29 is 9.47 Å². The van der Waals surface area contributed by atoms with Crippen LogP contribution in [0.25, 0.3) is 11.1 Å². The summed E-state index contributed by atoms with van der Waals surface area (Å²) < 4.78 is 11.6. The van der Waals surface area contributed by atoms with E-state index in [0.29, 0.717) is 19.3 Å². The van der Waals surface area contributed by atoms with E-state index in [1.165, 1.54) is 24.8 Å². The van der Waals surface area contributed by atoms with E-state index in [4.69, 9.17) is 9.47 Å². The van der Waals surface area contributed by atoms with Gasteiger partial charge in [0.2, 0.25) is 0 Å². The quantitative estimate of drug-likeness (QED) is 0.727. The second-order valence-electron chi connectivity index (χ2n) is 5.13. The molecule has 2 aromatic carbocycles. The van der Waals surface area contributed by atoms with Crippen LogP contribution in [0.1, 0.15) is 19.3 Å². The minimum Gasteiger partial charge on any atom is -0.491 e. The highest BCUT2D eigenvalue weighted by atomic mass is 16.5. The maximum Gasteiger partial charge on any atom is 0.127 e. The van der Waals surface area contributed by atoms with Gasteiger partial charge in [-0.1, -0.05) is 48.5 Å². The summed E-state index contributed by atoms with van der Waals surface area (Å²) in [6, 6.07) is 18.5. The van der Waals surface area contributed by atoms with Crippen LogP contribution in [0.4, 0.5) is 0 Å². The third kappa shape index (κ3) is 3.20. The van der Waals surface area contributed by atoms with Crippen LogP contribution in [-0.4, -0.2) is 19.3 Å². The van der Waals surface area contributed by atoms with Gasteiger partial charge >= 0.3 is 0 Å². The van der Waals surface area contributed by atoms with E-state index in [1.807, 2.05) is 36.4 Å². The van der Waals surface area contributed by atoms with Crippen LogP contribution in [0.2, 0.25) is 0 Å². The molecule has 0 saturated heterocycles. The second-order valence-corrected chi connectivity index (χ2v) is 5.13. The third-order valence-corrected chi connectivity index (χ3v) is 3.72. The summed E-state index contributed by atoms with van der Waals surface area (Å²) in [5, 5.41) is 0. The molecule has 0 radical (unpaired) electrons. The fraction of sp³-hybridized carbons (Fsp3) is 0.333. The molecule has 104 valence electrons. The Labute approximate surface area is 120 Å². The summed E-state index contributed by atoms with van der Waals surface area (Å²) in [5.74, 6) is 0.927. The average molecular weight is 268 g/mol. The Morgan fingerprint density at radius 3 is 2.35 bits per heavy atom. The van der Waals surface area contributed by atoms with Crippen molar-refractivity contribution in [2.75, 3.05) is 13.2 Å². The zero-order valence-corrected chi connectivity index (χ0v) is 11.6. The van der Waals surface area contributed by atoms with Crippen LogP contribution in [0.5, 0.6) is 5.75 Å². The maximum atomic E-state index is 5.89. The van der Waals surface area contributed by atoms with Gasteiger partial charge in [0.15, 0.2) is 0 Å². The molecule has 0 heterocycles. The van der Waals surface area contributed by atoms with Crippen molar-refractivity contribution in [3.8, 4) is 16.9 Å². The Bertz CT molecular complexity index is 532. The van der Waals surface area contributed by atoms with Gasteiger partial charge in [0.1, 0.15) is 12.4 Å². The van der Waals surface area contributed by atoms with E-state index >= 15 is 0 Å². The molecule has 0 N–H and O–H groups in total. The van der Waals surface area contributed by atoms with Gasteiger partial charge < -0.3 is 9.47 Å². The lowest BCUT2D eigenvalue weighted by Gasteiger charge is -2.25. The molecule has 0 aliphatic heterocycles. The number of hydrogen-bond acceptors (Lipinski definition) is 2. The van der Waals surface area contributed by atoms with E-state index in [0.717, 1.165) is 11.3 Å². The highest BCUT2D eigenvalue weighted by Gasteiger charge is 2.17. The first-order valence-corrected chi connectivity index (χ1v) is 7.32. The Hall–Kier alpha value is -1.80. The standard InChI is InChI=1S/C18H20O2/c1-2-7-15(8-3-1)17-11-4-5-12-18(17)20-14-13-19-16-9-6-10-16/h1-5,7-8,11-12,16H,6,9-10,13-14H2. The summed E-state index contributed by atoms with van der Waals surface area (Å²) >= 11 is 0. The predicted octanol–water partition coefficient (Wildman–Crippen LogP) is 4.30. The lowest BCUT2D eigenvalue weighted by atomic mass is 9.96. The molecule has 0 spiro atoms. The van der Waals surface area contributed by atoms with Gasteiger partial charge in [0.25, 0.3) is 0 Å². The summed E-state index contributed by atoms with van der Waals surface area (Å²) in [7, 11) is 0. The first kappa shape index (κ1) is 13.2. The van der Waals surface area contributed by atoms with Crippen LogP contribution in [0, 0.1) is 0 Å². The minimum absolute atomic E-state index is 0.475. The lowest BCUT2D eigenvalue weighted by Crippen LogP contribution is -2.23. The van der Waals surface area contributed by atoms with Gasteiger partial charge in [-0.25, -0.2) is 0 Å². The summed E-state index contributed by atoms with van der Waals surface area (Å²) in [4.78, 5) is 0. The topological polar surface area (TPSA) is 18.5 Å². The van der Waals surface area contributed by atoms with Gasteiger partial charge in [-0.15, -0.1) is 0 Å². The summed E-state index contributed by atoms with van der Waals surface area (Å²) in [5.41, 5.74) is 2.32. The van der Waals surface area contributed by atoms with E-state index in [-0.39, 0.29) is 0 Å². The van der Waals surface area contributed by atoms with E-state index in [2.05, 4.69) is 18.2 Å². The Kier molecular flexibility index (Phi) is 4.34. The predicted molar refractivity (Wildman–Crippen MR) is 81.0 cm³/mol. The molecule has 2 aromatic rings. The molecule has 0 amide bonds. The van der Waals surface area contributed by atoms with Gasteiger partial charge in [-0.2, -0.15) is 0 Å². The molecule has 1 aliphatic rings. The normalized spacial score (nSPS) is 14.8. The largest absolute Gasteiger partial charge is 0.491 e. The first-order chi connectivity index (χ1) is 9.93. The average Bonchev–Trinajstić information content (AvgIpc) is 2.46. The smallest absolute Gasteiger partial charge is 0.127 e. The zero-order chi connectivity index (χ0) is 13.6. The molecule has 20 heavy (non-hydrogen) atoms. The summed E-state index contributed by atoms with van der Waals surface area (Å²) in [6.07, 6.45) is 4.20. The number of rotatable bonds is 6. The molecule has 1 fully saturated rings. The van der Waals surface area contributed by atoms with Crippen LogP contribution < -0.4 is 4.74 Å². The number of para-hydroxylation sites is 1. The number of benzene rings is 2. The zero-order valence-electron chi connectivity index (χ0n) is 11.6. The fourth-order valence-electron chi connectivity index (χ4n) is 2.35. The molecule has 0 unspecified atom stereocenters. The van der Waals surface area contributed by atoms with Gasteiger partial charge in [0.05, 0.1) is 12.7 Å². The Morgan fingerprint density at radius 2 is 1.60 bits per heavy atom. The van der Waals surface area contributed by atoms with Crippen molar-refractivity contribution in [3.05, 3.63) is 54.6 Å². The number of hydrogen-bond donors (Lipinski definition) is 0. The molecule has 1 aliphatic carbocycles. The molecule has 1 saturated carbocycles. The molecule has 2 heteroatoms. The number of ether oxygens (including phenoxy) is 2. The van der Waals surface area contributed by atoms with Crippen LogP contribution in [-0.2, 0) is 4.74 Å². The maximum absolute atomic E-state index is 5.89. The van der Waals surface area contributed by atoms with E-state index < -0.39 is 0 Å². The molecule has 0 atom stereocenters. The lowest BCUT2D eigenvalue weighted by molar-refractivity contribution is -0.0103. The molecule has 0 aromatic heterocycles. The van der Waals surface area contributed by atoms with Crippen LogP contribution in [0.3, 0.4) is 0 Å². The fourth-order valence-corrected chi connectivity index (χ4v) is 2.35. The molecule has 0 bridgehead atoms. The van der Waals surface area contributed by atoms with Crippen molar-refractivity contribution in [2.45, 2.75) is 25.4 Å². The van der Waals surface area contributed by atoms with E-state index in [1.54, 1.807) is 0 Å². The van der Waals surface area contributed by atoms with Gasteiger partial charge in [-0.05, 0) is 30.9 Å². The highest BCUT2D eigenvalue weighted by Crippen LogP contribution is 2.29. The first-order valence-electron chi connectivity index (χ1n) is 7.32. The van der Waals surface area contributed by atoms with Crippen LogP contribution in [0.15, 0.2) is 54.6 Å². The van der Waals surface area contributed by atoms with Crippen molar-refractivity contribution in [3.63, 3.8) is 0 Å². The van der Waals surface area contributed by atoms with Crippen molar-refractivity contribution in [1.82, 2.24) is 0 Å². The van der Waals surface area contributed by atoms with E-state index in [9.17, 15) is 0 Å². The molecule has 2 nitrogen and oxygen atoms in total. The van der Waals surface area contributed by atoms with Gasteiger partial charge in [-0.3, -0.25) is 0 Å². The Balaban J connectivity index is 1.61. The van der Waals surface area contributed by atoms with Crippen molar-refractivity contribution in [2.24, 2.45) is 0 Å². The second kappa shape index (κ2) is 6.58. The van der Waals surface area contributed by atoms with Crippen molar-refractivity contribution in [1.29, 1.82) is 0 Å². The SMILES string of the molecule is c1ccc(-c2ccccc2OCCOC2CCC2)cc1. The summed E-state index contributed by atoms with van der Waals surface area (Å²) in [6.45, 7) is 1.29. The van der Waals surface area contributed by atoms with Crippen molar-refractivity contribution >= 4 is 0 Å². The molecular formula is C18H20O2. The Morgan fingerprint density at radius 1 is 0.850 bits per heavy atom. The minimum atomic E-state index is 0.475. The molecule has 3 rings (SSSR count). The molecular weight excluding hydrogens is 248 g/mol. The highest BCUT2D eigenvalue weighted by molar-refractivity contribution is 5.70. The van der Waals surface area contributed by atoms with Crippen LogP contribution >= 0.6 is 0 Å². The third-order valence-electron chi connectivity index (χ3n) is 3.72.